The quantitative estimate of drug-likeness (QED) is 0.339. The standard InChI is InChI=1S/C29H34F3N5O4/c1-15-10-19(36-23(38)13-40-3)7-8-21(15)37-28(39)24-16(2)35-27-25(33-14-34-26(24)27)20-11-18(29(30,31)32)6-9-22(20)41-12-17-4-5-17/h6,9,11,14-15,17,19,21,35H,4-5,7-8,10,12-13H2,1-3H3,(H,36,38)(H,37,39)/t15-,19-,21+/m1/s1. The molecular weight excluding hydrogens is 539 g/mol. The van der Waals surface area contributed by atoms with Crippen molar-refractivity contribution >= 4 is 22.8 Å². The van der Waals surface area contributed by atoms with Crippen molar-refractivity contribution in [3.8, 4) is 17.0 Å². The zero-order valence-corrected chi connectivity index (χ0v) is 23.2. The molecule has 0 saturated heterocycles. The number of alkyl halides is 3. The second kappa shape index (κ2) is 11.7. The van der Waals surface area contributed by atoms with Gasteiger partial charge in [-0.15, -0.1) is 0 Å². The van der Waals surface area contributed by atoms with Crippen molar-refractivity contribution < 1.29 is 32.2 Å². The van der Waals surface area contributed by atoms with E-state index in [1.807, 2.05) is 6.92 Å². The summed E-state index contributed by atoms with van der Waals surface area (Å²) < 4.78 is 51.7. The van der Waals surface area contributed by atoms with Crippen LogP contribution in [0.3, 0.4) is 0 Å². The van der Waals surface area contributed by atoms with Crippen molar-refractivity contribution in [2.24, 2.45) is 11.8 Å². The van der Waals surface area contributed by atoms with E-state index in [1.165, 1.54) is 19.5 Å². The molecule has 12 heteroatoms. The van der Waals surface area contributed by atoms with Gasteiger partial charge in [0.05, 0.1) is 23.3 Å². The average molecular weight is 574 g/mol. The first-order valence-electron chi connectivity index (χ1n) is 13.8. The highest BCUT2D eigenvalue weighted by Gasteiger charge is 2.34. The summed E-state index contributed by atoms with van der Waals surface area (Å²) in [5.41, 5.74) is 1.13. The number of fused-ring (bicyclic) bond motifs is 1. The van der Waals surface area contributed by atoms with Crippen LogP contribution in [0.15, 0.2) is 24.5 Å². The summed E-state index contributed by atoms with van der Waals surface area (Å²) in [7, 11) is 1.47. The third-order valence-electron chi connectivity index (χ3n) is 7.86. The number of rotatable bonds is 9. The molecule has 3 atom stereocenters. The lowest BCUT2D eigenvalue weighted by molar-refractivity contribution is -0.137. The van der Waals surface area contributed by atoms with Crippen LogP contribution in [0, 0.1) is 18.8 Å². The SMILES string of the molecule is COCC(=O)N[C@@H]1CC[C@H](NC(=O)c2c(C)[nH]c3c(-c4cc(C(F)(F)F)ccc4OCC4CC4)ncnc23)[C@H](C)C1. The summed E-state index contributed by atoms with van der Waals surface area (Å²) in [4.78, 5) is 37.2. The Kier molecular flexibility index (Phi) is 8.21. The van der Waals surface area contributed by atoms with Gasteiger partial charge in [-0.25, -0.2) is 9.97 Å². The first-order valence-corrected chi connectivity index (χ1v) is 13.8. The molecule has 2 fully saturated rings. The number of nitrogens with zero attached hydrogens (tertiary/aromatic N) is 2. The number of carbonyl (C=O) groups excluding carboxylic acids is 2. The molecule has 220 valence electrons. The van der Waals surface area contributed by atoms with Crippen molar-refractivity contribution in [3.63, 3.8) is 0 Å². The summed E-state index contributed by atoms with van der Waals surface area (Å²) in [5, 5.41) is 6.08. The number of methoxy groups -OCH3 is 1. The second-order valence-corrected chi connectivity index (χ2v) is 11.1. The lowest BCUT2D eigenvalue weighted by Gasteiger charge is -2.35. The summed E-state index contributed by atoms with van der Waals surface area (Å²) in [6.07, 6.45) is 0.869. The average Bonchev–Trinajstić information content (AvgIpc) is 3.68. The fourth-order valence-corrected chi connectivity index (χ4v) is 5.50. The van der Waals surface area contributed by atoms with Crippen LogP contribution in [-0.2, 0) is 15.7 Å². The van der Waals surface area contributed by atoms with E-state index in [2.05, 4.69) is 25.6 Å². The molecule has 2 amide bonds. The lowest BCUT2D eigenvalue weighted by Crippen LogP contribution is -2.48. The highest BCUT2D eigenvalue weighted by atomic mass is 19.4. The second-order valence-electron chi connectivity index (χ2n) is 11.1. The van der Waals surface area contributed by atoms with E-state index in [4.69, 9.17) is 9.47 Å². The van der Waals surface area contributed by atoms with Crippen molar-refractivity contribution in [2.75, 3.05) is 20.3 Å². The fourth-order valence-electron chi connectivity index (χ4n) is 5.50. The molecule has 0 bridgehead atoms. The molecule has 9 nitrogen and oxygen atoms in total. The molecule has 1 aromatic carbocycles. The van der Waals surface area contributed by atoms with Crippen LogP contribution in [0.4, 0.5) is 13.2 Å². The number of aryl methyl sites for hydroxylation is 1. The zero-order chi connectivity index (χ0) is 29.3. The number of ether oxygens (including phenoxy) is 2. The van der Waals surface area contributed by atoms with Crippen LogP contribution in [-0.4, -0.2) is 59.2 Å². The molecule has 2 aromatic heterocycles. The van der Waals surface area contributed by atoms with Gasteiger partial charge in [0.25, 0.3) is 5.91 Å². The van der Waals surface area contributed by atoms with E-state index in [-0.39, 0.29) is 47.7 Å². The summed E-state index contributed by atoms with van der Waals surface area (Å²) in [6, 6.07) is 3.25. The Morgan fingerprint density at radius 1 is 1.12 bits per heavy atom. The Morgan fingerprint density at radius 3 is 2.59 bits per heavy atom. The van der Waals surface area contributed by atoms with Crippen molar-refractivity contribution in [2.45, 2.75) is 64.2 Å². The van der Waals surface area contributed by atoms with Crippen molar-refractivity contribution in [1.82, 2.24) is 25.6 Å². The van der Waals surface area contributed by atoms with E-state index in [0.717, 1.165) is 25.0 Å². The zero-order valence-electron chi connectivity index (χ0n) is 23.2. The van der Waals surface area contributed by atoms with Gasteiger partial charge in [-0.1, -0.05) is 6.92 Å². The van der Waals surface area contributed by atoms with E-state index < -0.39 is 11.7 Å². The van der Waals surface area contributed by atoms with Gasteiger partial charge < -0.3 is 25.1 Å². The molecule has 41 heavy (non-hydrogen) atoms. The van der Waals surface area contributed by atoms with Crippen molar-refractivity contribution in [1.29, 1.82) is 0 Å². The van der Waals surface area contributed by atoms with Crippen LogP contribution >= 0.6 is 0 Å². The Balaban J connectivity index is 1.41. The third-order valence-corrected chi connectivity index (χ3v) is 7.86. The van der Waals surface area contributed by atoms with Crippen LogP contribution < -0.4 is 15.4 Å². The van der Waals surface area contributed by atoms with Crippen LogP contribution in [0.1, 0.15) is 60.6 Å². The Morgan fingerprint density at radius 2 is 1.90 bits per heavy atom. The van der Waals surface area contributed by atoms with Gasteiger partial charge in [0, 0.05) is 30.5 Å². The maximum Gasteiger partial charge on any atom is 0.416 e. The number of aromatic amines is 1. The summed E-state index contributed by atoms with van der Waals surface area (Å²) in [6.45, 7) is 4.17. The molecule has 2 aliphatic rings. The first-order chi connectivity index (χ1) is 19.5. The fraction of sp³-hybridized carbons (Fsp3) is 0.517. The van der Waals surface area contributed by atoms with Gasteiger partial charge >= 0.3 is 6.18 Å². The Hall–Kier alpha value is -3.67. The number of aromatic nitrogens is 3. The minimum absolute atomic E-state index is 0.00334. The van der Waals surface area contributed by atoms with Gasteiger partial charge in [0.2, 0.25) is 5.91 Å². The topological polar surface area (TPSA) is 118 Å². The van der Waals surface area contributed by atoms with E-state index in [1.54, 1.807) is 6.92 Å². The molecule has 2 aliphatic carbocycles. The maximum absolute atomic E-state index is 13.6. The van der Waals surface area contributed by atoms with Gasteiger partial charge in [-0.3, -0.25) is 9.59 Å². The van der Waals surface area contributed by atoms with Crippen LogP contribution in [0.5, 0.6) is 5.75 Å². The van der Waals surface area contributed by atoms with E-state index >= 15 is 0 Å². The van der Waals surface area contributed by atoms with Crippen molar-refractivity contribution in [3.05, 3.63) is 41.3 Å². The number of hydrogen-bond acceptors (Lipinski definition) is 6. The molecule has 2 saturated carbocycles. The minimum atomic E-state index is -4.55. The predicted molar refractivity (Wildman–Crippen MR) is 145 cm³/mol. The molecule has 0 spiro atoms. The van der Waals surface area contributed by atoms with E-state index in [0.29, 0.717) is 59.8 Å². The van der Waals surface area contributed by atoms with Gasteiger partial charge in [-0.2, -0.15) is 13.2 Å². The van der Waals surface area contributed by atoms with E-state index in [9.17, 15) is 22.8 Å². The van der Waals surface area contributed by atoms with Crippen LogP contribution in [0.2, 0.25) is 0 Å². The third kappa shape index (κ3) is 6.47. The molecule has 3 aromatic rings. The number of amides is 2. The Labute approximate surface area is 235 Å². The molecule has 0 unspecified atom stereocenters. The number of H-pyrrole nitrogens is 1. The lowest BCUT2D eigenvalue weighted by atomic mass is 9.82. The smallest absolute Gasteiger partial charge is 0.416 e. The molecular formula is C29H34F3N5O4. The monoisotopic (exact) mass is 573 g/mol. The van der Waals surface area contributed by atoms with Crippen LogP contribution in [0.25, 0.3) is 22.3 Å². The molecule has 5 rings (SSSR count). The number of carbonyl (C=O) groups is 2. The normalized spacial score (nSPS) is 21.1. The number of hydrogen-bond donors (Lipinski definition) is 3. The molecule has 3 N–H and O–H groups in total. The summed E-state index contributed by atoms with van der Waals surface area (Å²) >= 11 is 0. The number of halogens is 3. The Bertz CT molecular complexity index is 1440. The van der Waals surface area contributed by atoms with Gasteiger partial charge in [0.1, 0.15) is 29.9 Å². The minimum Gasteiger partial charge on any atom is -0.493 e. The molecule has 0 aliphatic heterocycles. The molecule has 2 heterocycles. The highest BCUT2D eigenvalue weighted by molar-refractivity contribution is 6.09. The van der Waals surface area contributed by atoms with Gasteiger partial charge in [0.15, 0.2) is 0 Å². The summed E-state index contributed by atoms with van der Waals surface area (Å²) in [5.74, 6) is 0.307. The highest BCUT2D eigenvalue weighted by Crippen LogP contribution is 2.40. The number of nitrogens with one attached hydrogen (secondary N) is 3. The number of benzene rings is 1. The maximum atomic E-state index is 13.6. The first kappa shape index (κ1) is 28.8. The molecule has 0 radical (unpaired) electrons. The largest absolute Gasteiger partial charge is 0.493 e. The van der Waals surface area contributed by atoms with Gasteiger partial charge in [-0.05, 0) is 69.1 Å². The predicted octanol–water partition coefficient (Wildman–Crippen LogP) is 4.79.